The molecule has 0 N–H and O–H groups in total. The summed E-state index contributed by atoms with van der Waals surface area (Å²) in [6.45, 7) is 6.03. The maximum atomic E-state index is 12.2. The molecule has 94 valence electrons. The molecular weight excluding hydrogens is 222 g/mol. The Kier molecular flexibility index (Phi) is 6.18. The zero-order chi connectivity index (χ0) is 12.0. The van der Waals surface area contributed by atoms with Crippen molar-refractivity contribution in [2.45, 2.75) is 57.7 Å². The third-order valence-electron chi connectivity index (χ3n) is 3.62. The van der Waals surface area contributed by atoms with Crippen LogP contribution in [0.5, 0.6) is 0 Å². The zero-order valence-electron chi connectivity index (χ0n) is 10.5. The van der Waals surface area contributed by atoms with E-state index >= 15 is 0 Å². The molecule has 1 atom stereocenters. The molecule has 2 nitrogen and oxygen atoms in total. The van der Waals surface area contributed by atoms with Crippen molar-refractivity contribution in [3.8, 4) is 0 Å². The van der Waals surface area contributed by atoms with Gasteiger partial charge >= 0.3 is 0 Å². The average molecular weight is 246 g/mol. The Morgan fingerprint density at radius 1 is 1.12 bits per heavy atom. The van der Waals surface area contributed by atoms with Crippen molar-refractivity contribution in [1.82, 2.24) is 4.90 Å². The van der Waals surface area contributed by atoms with Gasteiger partial charge in [-0.3, -0.25) is 4.79 Å². The molecule has 0 radical (unpaired) electrons. The molecule has 0 bridgehead atoms. The van der Waals surface area contributed by atoms with Crippen LogP contribution < -0.4 is 0 Å². The topological polar surface area (TPSA) is 20.3 Å². The fourth-order valence-electron chi connectivity index (χ4n) is 2.37. The van der Waals surface area contributed by atoms with Gasteiger partial charge in [0.05, 0.1) is 0 Å². The smallest absolute Gasteiger partial charge is 0.240 e. The highest BCUT2D eigenvalue weighted by atomic mass is 35.5. The van der Waals surface area contributed by atoms with E-state index in [-0.39, 0.29) is 11.3 Å². The predicted octanol–water partition coefficient (Wildman–Crippen LogP) is 3.43. The van der Waals surface area contributed by atoms with Crippen LogP contribution in [-0.4, -0.2) is 29.3 Å². The van der Waals surface area contributed by atoms with E-state index in [1.807, 2.05) is 4.90 Å². The summed E-state index contributed by atoms with van der Waals surface area (Å²) < 4.78 is 0. The Morgan fingerprint density at radius 3 is 2.06 bits per heavy atom. The zero-order valence-corrected chi connectivity index (χ0v) is 11.3. The maximum Gasteiger partial charge on any atom is 0.240 e. The van der Waals surface area contributed by atoms with Crippen LogP contribution in [0.1, 0.15) is 52.4 Å². The van der Waals surface area contributed by atoms with Crippen LogP contribution in [0.3, 0.4) is 0 Å². The molecule has 1 fully saturated rings. The summed E-state index contributed by atoms with van der Waals surface area (Å²) in [6.07, 6.45) is 6.76. The van der Waals surface area contributed by atoms with Gasteiger partial charge in [0.2, 0.25) is 5.91 Å². The molecule has 0 aromatic heterocycles. The number of alkyl halides is 1. The quantitative estimate of drug-likeness (QED) is 0.695. The number of carbonyl (C=O) groups is 1. The third kappa shape index (κ3) is 3.65. The number of hydrogen-bond donors (Lipinski definition) is 0. The van der Waals surface area contributed by atoms with Crippen LogP contribution >= 0.6 is 11.6 Å². The molecule has 16 heavy (non-hydrogen) atoms. The van der Waals surface area contributed by atoms with Gasteiger partial charge in [-0.1, -0.05) is 39.5 Å². The van der Waals surface area contributed by atoms with E-state index in [9.17, 15) is 4.79 Å². The fourth-order valence-corrected chi connectivity index (χ4v) is 2.86. The highest BCUT2D eigenvalue weighted by Crippen LogP contribution is 2.22. The first-order valence-electron chi connectivity index (χ1n) is 6.63. The molecule has 0 aliphatic carbocycles. The van der Waals surface area contributed by atoms with Gasteiger partial charge in [0.25, 0.3) is 0 Å². The van der Waals surface area contributed by atoms with Crippen molar-refractivity contribution in [3.63, 3.8) is 0 Å². The van der Waals surface area contributed by atoms with Crippen molar-refractivity contribution < 1.29 is 4.79 Å². The Labute approximate surface area is 104 Å². The van der Waals surface area contributed by atoms with Crippen molar-refractivity contribution in [3.05, 3.63) is 0 Å². The number of carbonyl (C=O) groups excluding carboxylic acids is 1. The van der Waals surface area contributed by atoms with Gasteiger partial charge in [-0.25, -0.2) is 0 Å². The number of hydrogen-bond acceptors (Lipinski definition) is 1. The van der Waals surface area contributed by atoms with Gasteiger partial charge in [-0.2, -0.15) is 0 Å². The van der Waals surface area contributed by atoms with E-state index in [0.717, 1.165) is 38.8 Å². The highest BCUT2D eigenvalue weighted by molar-refractivity contribution is 6.30. The van der Waals surface area contributed by atoms with Crippen LogP contribution in [0.25, 0.3) is 0 Å². The van der Waals surface area contributed by atoms with Gasteiger partial charge in [0, 0.05) is 13.1 Å². The van der Waals surface area contributed by atoms with Crippen molar-refractivity contribution in [2.24, 2.45) is 5.92 Å². The minimum absolute atomic E-state index is 0.164. The Balaban J connectivity index is 2.53. The lowest BCUT2D eigenvalue weighted by Crippen LogP contribution is -2.40. The summed E-state index contributed by atoms with van der Waals surface area (Å²) in [6, 6.07) is 0. The molecule has 1 saturated heterocycles. The number of likely N-dealkylation sites (tertiary alicyclic amines) is 1. The second kappa shape index (κ2) is 7.16. The molecule has 0 aromatic rings. The van der Waals surface area contributed by atoms with E-state index in [4.69, 9.17) is 11.6 Å². The van der Waals surface area contributed by atoms with Crippen LogP contribution in [0.15, 0.2) is 0 Å². The number of nitrogens with zero attached hydrogens (tertiary/aromatic N) is 1. The maximum absolute atomic E-state index is 12.2. The van der Waals surface area contributed by atoms with Gasteiger partial charge in [0.1, 0.15) is 5.38 Å². The normalized spacial score (nSPS) is 19.6. The van der Waals surface area contributed by atoms with Gasteiger partial charge in [-0.05, 0) is 18.8 Å². The monoisotopic (exact) mass is 245 g/mol. The standard InChI is InChI=1S/C13H24ClNO/c1-3-11(4-2)12(14)13(16)15-9-7-5-6-8-10-15/h11-12H,3-10H2,1-2H3. The number of rotatable bonds is 4. The number of amides is 1. The molecule has 0 aromatic carbocycles. The van der Waals surface area contributed by atoms with Crippen molar-refractivity contribution in [1.29, 1.82) is 0 Å². The van der Waals surface area contributed by atoms with Crippen LogP contribution in [0, 0.1) is 5.92 Å². The van der Waals surface area contributed by atoms with E-state index in [1.165, 1.54) is 12.8 Å². The lowest BCUT2D eigenvalue weighted by molar-refractivity contribution is -0.131. The van der Waals surface area contributed by atoms with Gasteiger partial charge in [0.15, 0.2) is 0 Å². The molecule has 0 saturated carbocycles. The lowest BCUT2D eigenvalue weighted by Gasteiger charge is -2.26. The predicted molar refractivity (Wildman–Crippen MR) is 68.8 cm³/mol. The van der Waals surface area contributed by atoms with Crippen molar-refractivity contribution >= 4 is 17.5 Å². The summed E-state index contributed by atoms with van der Waals surface area (Å²) in [7, 11) is 0. The molecule has 1 unspecified atom stereocenters. The molecule has 1 aliphatic heterocycles. The molecule has 0 spiro atoms. The van der Waals surface area contributed by atoms with Crippen LogP contribution in [0.4, 0.5) is 0 Å². The Bertz CT molecular complexity index is 204. The molecule has 3 heteroatoms. The van der Waals surface area contributed by atoms with Crippen LogP contribution in [0.2, 0.25) is 0 Å². The first kappa shape index (κ1) is 13.8. The SMILES string of the molecule is CCC(CC)C(Cl)C(=O)N1CCCCCC1. The lowest BCUT2D eigenvalue weighted by atomic mass is 9.98. The fraction of sp³-hybridized carbons (Fsp3) is 0.923. The van der Waals surface area contributed by atoms with E-state index in [1.54, 1.807) is 0 Å². The first-order chi connectivity index (χ1) is 7.70. The number of halogens is 1. The summed E-state index contributed by atoms with van der Waals surface area (Å²) >= 11 is 6.29. The van der Waals surface area contributed by atoms with E-state index in [0.29, 0.717) is 5.92 Å². The Morgan fingerprint density at radius 2 is 1.62 bits per heavy atom. The summed E-state index contributed by atoms with van der Waals surface area (Å²) in [5.41, 5.74) is 0. The molecule has 1 amide bonds. The van der Waals surface area contributed by atoms with Gasteiger partial charge < -0.3 is 4.90 Å². The second-order valence-electron chi connectivity index (χ2n) is 4.72. The molecular formula is C13H24ClNO. The van der Waals surface area contributed by atoms with E-state index < -0.39 is 0 Å². The minimum Gasteiger partial charge on any atom is -0.341 e. The third-order valence-corrected chi connectivity index (χ3v) is 4.16. The summed E-state index contributed by atoms with van der Waals surface area (Å²) in [5, 5.41) is -0.312. The molecule has 1 heterocycles. The highest BCUT2D eigenvalue weighted by Gasteiger charge is 2.28. The first-order valence-corrected chi connectivity index (χ1v) is 7.07. The molecule has 1 aliphatic rings. The summed E-state index contributed by atoms with van der Waals surface area (Å²) in [4.78, 5) is 14.2. The molecule has 1 rings (SSSR count). The van der Waals surface area contributed by atoms with Gasteiger partial charge in [-0.15, -0.1) is 11.6 Å². The summed E-state index contributed by atoms with van der Waals surface area (Å²) in [5.74, 6) is 0.495. The Hall–Kier alpha value is -0.240. The largest absolute Gasteiger partial charge is 0.341 e. The van der Waals surface area contributed by atoms with E-state index in [2.05, 4.69) is 13.8 Å². The second-order valence-corrected chi connectivity index (χ2v) is 5.19. The van der Waals surface area contributed by atoms with Crippen LogP contribution in [-0.2, 0) is 4.79 Å². The average Bonchev–Trinajstić information content (AvgIpc) is 2.58. The van der Waals surface area contributed by atoms with Crippen molar-refractivity contribution in [2.75, 3.05) is 13.1 Å². The minimum atomic E-state index is -0.312.